The summed E-state index contributed by atoms with van der Waals surface area (Å²) < 4.78 is 45.8. The summed E-state index contributed by atoms with van der Waals surface area (Å²) in [6, 6.07) is 1.83. The molecule has 3 aliphatic rings. The summed E-state index contributed by atoms with van der Waals surface area (Å²) in [5, 5.41) is 0. The van der Waals surface area contributed by atoms with E-state index in [4.69, 9.17) is 47.6 Å². The average molecular weight is 496 g/mol. The third-order valence-corrected chi connectivity index (χ3v) is 17.3. The fourth-order valence-corrected chi connectivity index (χ4v) is 17.1. The van der Waals surface area contributed by atoms with Crippen molar-refractivity contribution in [1.29, 1.82) is 0 Å². The second kappa shape index (κ2) is 11.6. The fourth-order valence-electron chi connectivity index (χ4n) is 4.64. The molecule has 0 spiro atoms. The highest BCUT2D eigenvalue weighted by Crippen LogP contribution is 2.43. The van der Waals surface area contributed by atoms with Crippen LogP contribution in [0.5, 0.6) is 0 Å². The van der Waals surface area contributed by atoms with Crippen LogP contribution in [0.4, 0.5) is 0 Å². The molecule has 2 bridgehead atoms. The normalized spacial score (nSPS) is 40.7. The molecule has 2 heterocycles. The largest absolute Gasteiger partial charge is 0.493 e. The molecule has 1 saturated carbocycles. The molecule has 4 unspecified atom stereocenters. The molecule has 0 aromatic heterocycles. The van der Waals surface area contributed by atoms with Gasteiger partial charge in [-0.25, -0.2) is 0 Å². The van der Waals surface area contributed by atoms with E-state index < -0.39 is 26.4 Å². The maximum Gasteiger partial charge on any atom is 0.493 e. The molecule has 0 aromatic carbocycles. The summed E-state index contributed by atoms with van der Waals surface area (Å²) in [4.78, 5) is 0. The number of rotatable bonds is 11. The molecule has 3 fully saturated rings. The van der Waals surface area contributed by atoms with Crippen LogP contribution in [0.3, 0.4) is 0 Å². The lowest BCUT2D eigenvalue weighted by Crippen LogP contribution is -2.62. The minimum Gasteiger partial charge on any atom is -0.377 e. The van der Waals surface area contributed by atoms with Gasteiger partial charge in [0.15, 0.2) is 0 Å². The van der Waals surface area contributed by atoms with Crippen LogP contribution in [0.15, 0.2) is 0 Å². The lowest BCUT2D eigenvalue weighted by Gasteiger charge is -2.39. The second-order valence-electron chi connectivity index (χ2n) is 8.52. The van der Waals surface area contributed by atoms with Crippen LogP contribution in [0.2, 0.25) is 18.1 Å². The van der Waals surface area contributed by atoms with Crippen LogP contribution in [0, 0.1) is 0 Å². The van der Waals surface area contributed by atoms with Crippen molar-refractivity contribution in [2.45, 2.75) is 81.4 Å². The smallest absolute Gasteiger partial charge is 0.377 e. The van der Waals surface area contributed by atoms with E-state index >= 15 is 0 Å². The van der Waals surface area contributed by atoms with E-state index in [2.05, 4.69) is 0 Å². The Balaban J connectivity index is 2.06. The Morgan fingerprint density at radius 1 is 0.710 bits per heavy atom. The Hall–Kier alpha value is 0.251. The first-order valence-corrected chi connectivity index (χ1v) is 17.4. The van der Waals surface area contributed by atoms with E-state index in [1.807, 2.05) is 0 Å². The third-order valence-electron chi connectivity index (χ3n) is 6.24. The summed E-state index contributed by atoms with van der Waals surface area (Å²) in [6.45, 7) is 1.59. The molecule has 13 heteroatoms. The molecule has 10 nitrogen and oxygen atoms in total. The van der Waals surface area contributed by atoms with Gasteiger partial charge >= 0.3 is 26.4 Å². The topological polar surface area (TPSA) is 143 Å². The van der Waals surface area contributed by atoms with Crippen molar-refractivity contribution in [2.75, 3.05) is 33.9 Å². The van der Waals surface area contributed by atoms with Gasteiger partial charge < -0.3 is 47.6 Å². The first kappa shape index (κ1) is 25.9. The van der Waals surface area contributed by atoms with Crippen LogP contribution in [-0.4, -0.2) is 78.6 Å². The molecule has 2 aliphatic heterocycles. The summed E-state index contributed by atoms with van der Waals surface area (Å²) in [5.74, 6) is 0. The fraction of sp³-hybridized carbons (Fsp3) is 1.00. The van der Waals surface area contributed by atoms with Crippen molar-refractivity contribution in [1.82, 2.24) is 0 Å². The van der Waals surface area contributed by atoms with E-state index in [1.54, 1.807) is 14.2 Å². The SMILES string of the molecule is CO[Si]1(CCCN)OC2CCCCC3O[Si](CCCN)(OC)O[Si](CCCN)(OC23)O1. The molecule has 2 saturated heterocycles. The van der Waals surface area contributed by atoms with Crippen molar-refractivity contribution >= 4 is 26.4 Å². The maximum atomic E-state index is 6.82. The first-order valence-electron chi connectivity index (χ1n) is 11.6. The zero-order valence-electron chi connectivity index (χ0n) is 19.0. The van der Waals surface area contributed by atoms with Gasteiger partial charge in [0.25, 0.3) is 0 Å². The van der Waals surface area contributed by atoms with Crippen LogP contribution >= 0.6 is 0 Å². The van der Waals surface area contributed by atoms with Crippen molar-refractivity contribution in [3.05, 3.63) is 0 Å². The van der Waals surface area contributed by atoms with Gasteiger partial charge in [-0.3, -0.25) is 0 Å². The molecule has 3 rings (SSSR count). The monoisotopic (exact) mass is 495 g/mol. The summed E-state index contributed by atoms with van der Waals surface area (Å²) in [7, 11) is -6.15. The van der Waals surface area contributed by atoms with E-state index in [-0.39, 0.29) is 18.3 Å². The molecule has 6 N–H and O–H groups in total. The van der Waals surface area contributed by atoms with Crippen LogP contribution < -0.4 is 17.2 Å². The highest BCUT2D eigenvalue weighted by Gasteiger charge is 2.66. The van der Waals surface area contributed by atoms with Gasteiger partial charge in [0.05, 0.1) is 18.3 Å². The minimum atomic E-state index is -3.29. The van der Waals surface area contributed by atoms with Gasteiger partial charge in [-0.15, -0.1) is 0 Å². The van der Waals surface area contributed by atoms with Crippen molar-refractivity contribution < 1.29 is 30.4 Å². The number of hydrogen-bond donors (Lipinski definition) is 3. The standard InChI is InChI=1S/C18H41N3O7Si3/c1-22-29(13-5-10-19)24-16-8-3-4-9-17-18(16)26-31(27-29,15-7-12-21)28-30(23-2,25-17)14-6-11-20/h16-18H,3-15,19-21H2,1-2H3. The predicted octanol–water partition coefficient (Wildman–Crippen LogP) is 0.932. The van der Waals surface area contributed by atoms with E-state index in [9.17, 15) is 0 Å². The maximum absolute atomic E-state index is 6.82. The molecule has 0 aromatic rings. The second-order valence-corrected chi connectivity index (χ2v) is 17.3. The van der Waals surface area contributed by atoms with Gasteiger partial charge in [0.2, 0.25) is 0 Å². The molecule has 31 heavy (non-hydrogen) atoms. The molecule has 4 atom stereocenters. The van der Waals surface area contributed by atoms with E-state index in [0.717, 1.165) is 38.5 Å². The molecule has 182 valence electrons. The van der Waals surface area contributed by atoms with Crippen LogP contribution in [-0.2, 0) is 30.4 Å². The Kier molecular flexibility index (Phi) is 9.67. The van der Waals surface area contributed by atoms with Crippen molar-refractivity contribution in [3.8, 4) is 0 Å². The van der Waals surface area contributed by atoms with Gasteiger partial charge in [-0.2, -0.15) is 0 Å². The summed E-state index contributed by atoms with van der Waals surface area (Å²) in [5.41, 5.74) is 17.5. The summed E-state index contributed by atoms with van der Waals surface area (Å²) in [6.07, 6.45) is 5.45. The van der Waals surface area contributed by atoms with Gasteiger partial charge in [0.1, 0.15) is 0 Å². The summed E-state index contributed by atoms with van der Waals surface area (Å²) >= 11 is 0. The first-order chi connectivity index (χ1) is 15.0. The van der Waals surface area contributed by atoms with Crippen molar-refractivity contribution in [3.63, 3.8) is 0 Å². The van der Waals surface area contributed by atoms with E-state index in [0.29, 0.717) is 44.2 Å². The van der Waals surface area contributed by atoms with Crippen LogP contribution in [0.1, 0.15) is 44.9 Å². The Morgan fingerprint density at radius 2 is 1.16 bits per heavy atom. The molecular formula is C18H41N3O7Si3. The predicted molar refractivity (Wildman–Crippen MR) is 122 cm³/mol. The van der Waals surface area contributed by atoms with Gasteiger partial charge in [0, 0.05) is 32.4 Å². The number of hydrogen-bond acceptors (Lipinski definition) is 10. The van der Waals surface area contributed by atoms with Gasteiger partial charge in [-0.05, 0) is 51.7 Å². The number of fused-ring (bicyclic) bond motifs is 1. The quantitative estimate of drug-likeness (QED) is 0.354. The third kappa shape index (κ3) is 6.03. The Morgan fingerprint density at radius 3 is 1.58 bits per heavy atom. The number of nitrogens with two attached hydrogens (primary N) is 3. The molecular weight excluding hydrogens is 454 g/mol. The molecule has 0 amide bonds. The zero-order chi connectivity index (χ0) is 22.4. The van der Waals surface area contributed by atoms with Crippen molar-refractivity contribution in [2.24, 2.45) is 17.2 Å². The zero-order valence-corrected chi connectivity index (χ0v) is 22.0. The van der Waals surface area contributed by atoms with Crippen LogP contribution in [0.25, 0.3) is 0 Å². The van der Waals surface area contributed by atoms with Gasteiger partial charge in [-0.1, -0.05) is 12.8 Å². The van der Waals surface area contributed by atoms with E-state index in [1.165, 1.54) is 0 Å². The highest BCUT2D eigenvalue weighted by atomic mass is 28.5. The highest BCUT2D eigenvalue weighted by molar-refractivity contribution is 6.81. The molecule has 0 radical (unpaired) electrons. The minimum absolute atomic E-state index is 0.163. The molecule has 1 aliphatic carbocycles. The Labute approximate surface area is 189 Å². The Bertz CT molecular complexity index is 531. The lowest BCUT2D eigenvalue weighted by atomic mass is 10.1. The lowest BCUT2D eigenvalue weighted by molar-refractivity contribution is -0.0366. The average Bonchev–Trinajstić information content (AvgIpc) is 3.10.